The number of carbonyl (C=O) groups is 2. The van der Waals surface area contributed by atoms with Crippen molar-refractivity contribution in [3.8, 4) is 0 Å². The number of hydrogen-bond acceptors (Lipinski definition) is 4. The number of halogens is 2. The summed E-state index contributed by atoms with van der Waals surface area (Å²) in [5, 5.41) is 2.38. The molecule has 0 spiro atoms. The molecule has 1 N–H and O–H groups in total. The Morgan fingerprint density at radius 2 is 2.00 bits per heavy atom. The van der Waals surface area contributed by atoms with Crippen molar-refractivity contribution in [1.82, 2.24) is 5.32 Å². The summed E-state index contributed by atoms with van der Waals surface area (Å²) in [5.74, 6) is -1.19. The van der Waals surface area contributed by atoms with Crippen LogP contribution in [0.5, 0.6) is 0 Å². The summed E-state index contributed by atoms with van der Waals surface area (Å²) in [6, 6.07) is 3.11. The fourth-order valence-corrected chi connectivity index (χ4v) is 1.89. The Morgan fingerprint density at radius 1 is 1.36 bits per heavy atom. The summed E-state index contributed by atoms with van der Waals surface area (Å²) in [6.45, 7) is 5.12. The molecule has 0 aliphatic heterocycles. The summed E-state index contributed by atoms with van der Waals surface area (Å²) in [6.07, 6.45) is -0.637. The van der Waals surface area contributed by atoms with Crippen LogP contribution in [0.15, 0.2) is 18.2 Å². The van der Waals surface area contributed by atoms with Gasteiger partial charge in [0.25, 0.3) is 0 Å². The lowest BCUT2D eigenvalue weighted by molar-refractivity contribution is -0.143. The summed E-state index contributed by atoms with van der Waals surface area (Å²) in [4.78, 5) is 23.5. The summed E-state index contributed by atoms with van der Waals surface area (Å²) in [5.41, 5.74) is -0.109. The number of rotatable bonds is 4. The molecule has 0 saturated heterocycles. The molecule has 0 radical (unpaired) electrons. The molecule has 0 aromatic heterocycles. The van der Waals surface area contributed by atoms with Gasteiger partial charge in [-0.2, -0.15) is 0 Å². The van der Waals surface area contributed by atoms with Crippen LogP contribution in [0.3, 0.4) is 0 Å². The van der Waals surface area contributed by atoms with Crippen LogP contribution in [0.1, 0.15) is 26.3 Å². The number of ether oxygens (including phenoxy) is 2. The standard InChI is InChI=1S/C15H19ClFNO4/c1-15(2,3)22-14(20)18-12(13(19)21-4)8-9-5-6-11(17)10(16)7-9/h5-7,12H,8H2,1-4H3,(H,18,20). The fourth-order valence-electron chi connectivity index (χ4n) is 1.69. The largest absolute Gasteiger partial charge is 0.467 e. The molecule has 0 aliphatic carbocycles. The number of nitrogens with one attached hydrogen (secondary N) is 1. The number of amides is 1. The minimum absolute atomic E-state index is 0.0571. The Labute approximate surface area is 133 Å². The second kappa shape index (κ2) is 7.45. The maximum Gasteiger partial charge on any atom is 0.408 e. The van der Waals surface area contributed by atoms with Crippen molar-refractivity contribution < 1.29 is 23.5 Å². The van der Waals surface area contributed by atoms with Crippen LogP contribution < -0.4 is 5.32 Å². The molecule has 122 valence electrons. The first-order valence-electron chi connectivity index (χ1n) is 6.63. The van der Waals surface area contributed by atoms with E-state index in [0.29, 0.717) is 5.56 Å². The average molecular weight is 332 g/mol. The molecule has 1 rings (SSSR count). The van der Waals surface area contributed by atoms with E-state index < -0.39 is 29.5 Å². The maximum atomic E-state index is 13.1. The van der Waals surface area contributed by atoms with Gasteiger partial charge < -0.3 is 14.8 Å². The number of benzene rings is 1. The maximum absolute atomic E-state index is 13.1. The highest BCUT2D eigenvalue weighted by atomic mass is 35.5. The van der Waals surface area contributed by atoms with Gasteiger partial charge in [-0.25, -0.2) is 14.0 Å². The predicted molar refractivity (Wildman–Crippen MR) is 80.3 cm³/mol. The van der Waals surface area contributed by atoms with E-state index in [0.717, 1.165) is 0 Å². The summed E-state index contributed by atoms with van der Waals surface area (Å²) in [7, 11) is 1.21. The lowest BCUT2D eigenvalue weighted by Crippen LogP contribution is -2.45. The van der Waals surface area contributed by atoms with Gasteiger partial charge in [-0.3, -0.25) is 0 Å². The van der Waals surface area contributed by atoms with E-state index in [2.05, 4.69) is 10.1 Å². The lowest BCUT2D eigenvalue weighted by Gasteiger charge is -2.22. The average Bonchev–Trinajstić information content (AvgIpc) is 2.39. The van der Waals surface area contributed by atoms with Crippen LogP contribution >= 0.6 is 11.6 Å². The molecule has 0 aliphatic rings. The molecule has 1 aromatic carbocycles. The van der Waals surface area contributed by atoms with Crippen molar-refractivity contribution in [3.05, 3.63) is 34.6 Å². The van der Waals surface area contributed by atoms with Crippen LogP contribution in [-0.2, 0) is 20.7 Å². The Hall–Kier alpha value is -1.82. The summed E-state index contributed by atoms with van der Waals surface area (Å²) >= 11 is 5.70. The zero-order valence-corrected chi connectivity index (χ0v) is 13.7. The number of alkyl carbamates (subject to hydrolysis) is 1. The minimum Gasteiger partial charge on any atom is -0.467 e. The Balaban J connectivity index is 2.82. The number of methoxy groups -OCH3 is 1. The normalized spacial score (nSPS) is 12.5. The summed E-state index contributed by atoms with van der Waals surface area (Å²) < 4.78 is 22.9. The highest BCUT2D eigenvalue weighted by Gasteiger charge is 2.25. The highest BCUT2D eigenvalue weighted by Crippen LogP contribution is 2.17. The Bertz CT molecular complexity index is 557. The monoisotopic (exact) mass is 331 g/mol. The van der Waals surface area contributed by atoms with Crippen LogP contribution in [0.4, 0.5) is 9.18 Å². The second-order valence-electron chi connectivity index (χ2n) is 5.67. The van der Waals surface area contributed by atoms with Gasteiger partial charge in [-0.15, -0.1) is 0 Å². The van der Waals surface area contributed by atoms with Gasteiger partial charge in [-0.1, -0.05) is 17.7 Å². The van der Waals surface area contributed by atoms with E-state index in [4.69, 9.17) is 16.3 Å². The van der Waals surface area contributed by atoms with Gasteiger partial charge in [0.2, 0.25) is 0 Å². The smallest absolute Gasteiger partial charge is 0.408 e. The third-order valence-corrected chi connectivity index (χ3v) is 2.89. The lowest BCUT2D eigenvalue weighted by atomic mass is 10.1. The first kappa shape index (κ1) is 18.2. The molecule has 22 heavy (non-hydrogen) atoms. The van der Waals surface area contributed by atoms with E-state index >= 15 is 0 Å². The van der Waals surface area contributed by atoms with Crippen molar-refractivity contribution >= 4 is 23.7 Å². The highest BCUT2D eigenvalue weighted by molar-refractivity contribution is 6.30. The van der Waals surface area contributed by atoms with E-state index in [1.807, 2.05) is 0 Å². The molecular weight excluding hydrogens is 313 g/mol. The van der Waals surface area contributed by atoms with Crippen LogP contribution in [0, 0.1) is 5.82 Å². The molecule has 5 nitrogen and oxygen atoms in total. The van der Waals surface area contributed by atoms with E-state index in [1.54, 1.807) is 20.8 Å². The van der Waals surface area contributed by atoms with Gasteiger partial charge in [0.1, 0.15) is 17.5 Å². The van der Waals surface area contributed by atoms with Gasteiger partial charge in [0.15, 0.2) is 0 Å². The fraction of sp³-hybridized carbons (Fsp3) is 0.467. The van der Waals surface area contributed by atoms with Crippen molar-refractivity contribution in [3.63, 3.8) is 0 Å². The second-order valence-corrected chi connectivity index (χ2v) is 6.08. The molecule has 7 heteroatoms. The van der Waals surface area contributed by atoms with Gasteiger partial charge in [0.05, 0.1) is 12.1 Å². The van der Waals surface area contributed by atoms with Crippen LogP contribution in [-0.4, -0.2) is 30.8 Å². The Morgan fingerprint density at radius 3 is 2.50 bits per heavy atom. The molecule has 0 fully saturated rings. The van der Waals surface area contributed by atoms with Gasteiger partial charge >= 0.3 is 12.1 Å². The molecular formula is C15H19ClFNO4. The van der Waals surface area contributed by atoms with Gasteiger partial charge in [-0.05, 0) is 38.5 Å². The molecule has 0 saturated carbocycles. The zero-order chi connectivity index (χ0) is 16.9. The predicted octanol–water partition coefficient (Wildman–Crippen LogP) is 3.09. The first-order chi connectivity index (χ1) is 10.1. The molecule has 0 bridgehead atoms. The Kier molecular flexibility index (Phi) is 6.17. The number of hydrogen-bond donors (Lipinski definition) is 1. The minimum atomic E-state index is -0.957. The van der Waals surface area contributed by atoms with Crippen molar-refractivity contribution in [2.75, 3.05) is 7.11 Å². The van der Waals surface area contributed by atoms with E-state index in [1.165, 1.54) is 25.3 Å². The van der Waals surface area contributed by atoms with E-state index in [-0.39, 0.29) is 11.4 Å². The van der Waals surface area contributed by atoms with Crippen molar-refractivity contribution in [1.29, 1.82) is 0 Å². The zero-order valence-electron chi connectivity index (χ0n) is 12.9. The number of esters is 1. The SMILES string of the molecule is COC(=O)C(Cc1ccc(F)c(Cl)c1)NC(=O)OC(C)(C)C. The molecule has 1 unspecified atom stereocenters. The van der Waals surface area contributed by atoms with Crippen molar-refractivity contribution in [2.24, 2.45) is 0 Å². The van der Waals surface area contributed by atoms with E-state index in [9.17, 15) is 14.0 Å². The quantitative estimate of drug-likeness (QED) is 0.861. The first-order valence-corrected chi connectivity index (χ1v) is 7.01. The van der Waals surface area contributed by atoms with Gasteiger partial charge in [0, 0.05) is 6.42 Å². The molecule has 0 heterocycles. The van der Waals surface area contributed by atoms with Crippen LogP contribution in [0.2, 0.25) is 5.02 Å². The van der Waals surface area contributed by atoms with Crippen molar-refractivity contribution in [2.45, 2.75) is 38.8 Å². The topological polar surface area (TPSA) is 64.6 Å². The molecule has 1 atom stereocenters. The molecule has 1 amide bonds. The third-order valence-electron chi connectivity index (χ3n) is 2.60. The van der Waals surface area contributed by atoms with Crippen LogP contribution in [0.25, 0.3) is 0 Å². The number of carbonyl (C=O) groups excluding carboxylic acids is 2. The third kappa shape index (κ3) is 5.89. The molecule has 1 aromatic rings.